The summed E-state index contributed by atoms with van der Waals surface area (Å²) in [6.45, 7) is 7.83. The van der Waals surface area contributed by atoms with Crippen molar-refractivity contribution in [3.8, 4) is 0 Å². The average Bonchev–Trinajstić information content (AvgIpc) is 3.04. The summed E-state index contributed by atoms with van der Waals surface area (Å²) >= 11 is 0. The molecule has 0 aromatic heterocycles. The molecule has 0 radical (unpaired) electrons. The minimum atomic E-state index is -0.0156. The molecule has 6 atom stereocenters. The Morgan fingerprint density at radius 2 is 1.30 bits per heavy atom. The minimum Gasteiger partial charge on any atom is -0.373 e. The van der Waals surface area contributed by atoms with Crippen LogP contribution in [0.2, 0.25) is 0 Å². The van der Waals surface area contributed by atoms with E-state index in [1.54, 1.807) is 0 Å². The monoisotopic (exact) mass is 288 g/mol. The molecule has 4 N–H and O–H groups in total. The summed E-state index contributed by atoms with van der Waals surface area (Å²) in [5, 5.41) is 0. The fourth-order valence-corrected chi connectivity index (χ4v) is 2.43. The lowest BCUT2D eigenvalue weighted by molar-refractivity contribution is -0.0588. The third-order valence-corrected chi connectivity index (χ3v) is 3.96. The Balaban J connectivity index is 1.76. The van der Waals surface area contributed by atoms with Gasteiger partial charge in [0.25, 0.3) is 0 Å². The Kier molecular flexibility index (Phi) is 6.20. The van der Waals surface area contributed by atoms with E-state index >= 15 is 0 Å². The maximum absolute atomic E-state index is 5.86. The second-order valence-electron chi connectivity index (χ2n) is 6.02. The SMILES string of the molecule is CC(CN)COC1COC2C(OCC(C)CN)COC12. The van der Waals surface area contributed by atoms with Crippen molar-refractivity contribution in [2.45, 2.75) is 38.3 Å². The maximum Gasteiger partial charge on any atom is 0.115 e. The van der Waals surface area contributed by atoms with E-state index < -0.39 is 0 Å². The molecular weight excluding hydrogens is 260 g/mol. The van der Waals surface area contributed by atoms with Crippen LogP contribution in [-0.4, -0.2) is 63.9 Å². The number of ether oxygens (including phenoxy) is 4. The Morgan fingerprint density at radius 1 is 0.900 bits per heavy atom. The zero-order valence-electron chi connectivity index (χ0n) is 12.5. The molecule has 2 saturated heterocycles. The number of hydrogen-bond acceptors (Lipinski definition) is 6. The number of nitrogens with two attached hydrogens (primary N) is 2. The second-order valence-corrected chi connectivity index (χ2v) is 6.02. The van der Waals surface area contributed by atoms with E-state index in [0.717, 1.165) is 0 Å². The zero-order valence-corrected chi connectivity index (χ0v) is 12.5. The van der Waals surface area contributed by atoms with Crippen LogP contribution in [0.4, 0.5) is 0 Å². The lowest BCUT2D eigenvalue weighted by atomic mass is 10.1. The topological polar surface area (TPSA) is 89.0 Å². The molecule has 0 aromatic rings. The van der Waals surface area contributed by atoms with Gasteiger partial charge in [-0.05, 0) is 24.9 Å². The Morgan fingerprint density at radius 3 is 1.65 bits per heavy atom. The molecule has 0 saturated carbocycles. The van der Waals surface area contributed by atoms with Gasteiger partial charge in [-0.15, -0.1) is 0 Å². The van der Waals surface area contributed by atoms with E-state index in [1.165, 1.54) is 0 Å². The molecule has 118 valence electrons. The maximum atomic E-state index is 5.86. The molecule has 2 fully saturated rings. The van der Waals surface area contributed by atoms with Crippen LogP contribution >= 0.6 is 0 Å². The van der Waals surface area contributed by atoms with Crippen LogP contribution in [0.1, 0.15) is 13.8 Å². The number of rotatable bonds is 8. The molecule has 6 unspecified atom stereocenters. The summed E-state index contributed by atoms with van der Waals surface area (Å²) in [6.07, 6.45) is -0.0413. The third-order valence-electron chi connectivity index (χ3n) is 3.96. The molecule has 6 heteroatoms. The van der Waals surface area contributed by atoms with Crippen LogP contribution in [-0.2, 0) is 18.9 Å². The van der Waals surface area contributed by atoms with Crippen LogP contribution in [0, 0.1) is 11.8 Å². The fraction of sp³-hybridized carbons (Fsp3) is 1.00. The highest BCUT2D eigenvalue weighted by molar-refractivity contribution is 4.96. The van der Waals surface area contributed by atoms with Crippen LogP contribution < -0.4 is 11.5 Å². The summed E-state index contributed by atoms with van der Waals surface area (Å²) in [7, 11) is 0. The number of hydrogen-bond donors (Lipinski definition) is 2. The third kappa shape index (κ3) is 3.90. The van der Waals surface area contributed by atoms with E-state index in [0.29, 0.717) is 51.4 Å². The molecular formula is C14H28N2O4. The van der Waals surface area contributed by atoms with E-state index in [9.17, 15) is 0 Å². The molecule has 2 rings (SSSR count). The predicted octanol–water partition coefficient (Wildman–Crippen LogP) is -0.256. The first-order valence-electron chi connectivity index (χ1n) is 7.52. The van der Waals surface area contributed by atoms with Gasteiger partial charge < -0.3 is 30.4 Å². The lowest BCUT2D eigenvalue weighted by Gasteiger charge is -2.19. The molecule has 6 nitrogen and oxygen atoms in total. The minimum absolute atomic E-state index is 0.00506. The van der Waals surface area contributed by atoms with Crippen molar-refractivity contribution in [2.24, 2.45) is 23.3 Å². The van der Waals surface area contributed by atoms with Crippen LogP contribution in [0.25, 0.3) is 0 Å². The summed E-state index contributed by atoms with van der Waals surface area (Å²) in [5.74, 6) is 0.709. The van der Waals surface area contributed by atoms with Crippen molar-refractivity contribution in [1.82, 2.24) is 0 Å². The Labute approximate surface area is 121 Å². The summed E-state index contributed by atoms with van der Waals surface area (Å²) in [5.41, 5.74) is 11.2. The molecule has 0 aliphatic carbocycles. The van der Waals surface area contributed by atoms with Gasteiger partial charge in [-0.25, -0.2) is 0 Å². The van der Waals surface area contributed by atoms with Crippen LogP contribution in [0.5, 0.6) is 0 Å². The molecule has 0 bridgehead atoms. The first-order valence-corrected chi connectivity index (χ1v) is 7.52. The van der Waals surface area contributed by atoms with E-state index in [-0.39, 0.29) is 24.4 Å². The molecule has 2 heterocycles. The largest absolute Gasteiger partial charge is 0.373 e. The first-order chi connectivity index (χ1) is 9.65. The van der Waals surface area contributed by atoms with E-state index in [2.05, 4.69) is 13.8 Å². The van der Waals surface area contributed by atoms with Crippen molar-refractivity contribution < 1.29 is 18.9 Å². The average molecular weight is 288 g/mol. The standard InChI is InChI=1S/C14H28N2O4/c1-9(3-15)5-17-11-7-19-14-12(8-20-13(11)14)18-6-10(2)4-16/h9-14H,3-8,15-16H2,1-2H3. The van der Waals surface area contributed by atoms with Gasteiger partial charge in [0, 0.05) is 0 Å². The van der Waals surface area contributed by atoms with Crippen molar-refractivity contribution in [1.29, 1.82) is 0 Å². The highest BCUT2D eigenvalue weighted by atomic mass is 16.6. The summed E-state index contributed by atoms with van der Waals surface area (Å²) < 4.78 is 23.3. The molecule has 0 amide bonds. The normalized spacial score (nSPS) is 36.0. The van der Waals surface area contributed by atoms with Gasteiger partial charge >= 0.3 is 0 Å². The summed E-state index contributed by atoms with van der Waals surface area (Å²) in [4.78, 5) is 0. The van der Waals surface area contributed by atoms with Crippen molar-refractivity contribution in [2.75, 3.05) is 39.5 Å². The van der Waals surface area contributed by atoms with Crippen molar-refractivity contribution in [3.63, 3.8) is 0 Å². The van der Waals surface area contributed by atoms with Crippen molar-refractivity contribution in [3.05, 3.63) is 0 Å². The van der Waals surface area contributed by atoms with E-state index in [1.807, 2.05) is 0 Å². The van der Waals surface area contributed by atoms with Gasteiger partial charge in [-0.3, -0.25) is 0 Å². The first kappa shape index (κ1) is 16.1. The molecule has 2 aliphatic heterocycles. The smallest absolute Gasteiger partial charge is 0.115 e. The van der Waals surface area contributed by atoms with Gasteiger partial charge in [-0.1, -0.05) is 13.8 Å². The molecule has 20 heavy (non-hydrogen) atoms. The van der Waals surface area contributed by atoms with Crippen LogP contribution in [0.3, 0.4) is 0 Å². The highest BCUT2D eigenvalue weighted by Crippen LogP contribution is 2.30. The van der Waals surface area contributed by atoms with Gasteiger partial charge in [0.1, 0.15) is 24.4 Å². The Bertz CT molecular complexity index is 264. The number of fused-ring (bicyclic) bond motifs is 1. The lowest BCUT2D eigenvalue weighted by Crippen LogP contribution is -2.36. The predicted molar refractivity (Wildman–Crippen MR) is 75.4 cm³/mol. The second kappa shape index (κ2) is 7.68. The quantitative estimate of drug-likeness (QED) is 0.640. The van der Waals surface area contributed by atoms with Crippen LogP contribution in [0.15, 0.2) is 0 Å². The van der Waals surface area contributed by atoms with Crippen molar-refractivity contribution >= 4 is 0 Å². The molecule has 0 aromatic carbocycles. The van der Waals surface area contributed by atoms with Gasteiger partial charge in [-0.2, -0.15) is 0 Å². The highest BCUT2D eigenvalue weighted by Gasteiger charge is 2.48. The molecule has 2 aliphatic rings. The fourth-order valence-electron chi connectivity index (χ4n) is 2.43. The van der Waals surface area contributed by atoms with Gasteiger partial charge in [0.2, 0.25) is 0 Å². The van der Waals surface area contributed by atoms with Gasteiger partial charge in [0.15, 0.2) is 0 Å². The Hall–Kier alpha value is -0.240. The van der Waals surface area contributed by atoms with E-state index in [4.69, 9.17) is 30.4 Å². The zero-order chi connectivity index (χ0) is 14.5. The summed E-state index contributed by atoms with van der Waals surface area (Å²) in [6, 6.07) is 0. The molecule has 0 spiro atoms. The van der Waals surface area contributed by atoms with Gasteiger partial charge in [0.05, 0.1) is 26.4 Å².